The normalized spacial score (nSPS) is 20.4. The number of halogens is 3. The highest BCUT2D eigenvalue weighted by Gasteiger charge is 2.52. The van der Waals surface area contributed by atoms with Crippen LogP contribution in [0.2, 0.25) is 0 Å². The minimum absolute atomic E-state index is 0.320. The Balaban J connectivity index is 2.19. The molecule has 0 radical (unpaired) electrons. The fourth-order valence-corrected chi connectivity index (χ4v) is 3.58. The largest absolute Gasteiger partial charge is 0.497 e. The molecule has 1 aromatic carbocycles. The van der Waals surface area contributed by atoms with Crippen molar-refractivity contribution < 1.29 is 22.5 Å². The van der Waals surface area contributed by atoms with Crippen molar-refractivity contribution in [3.05, 3.63) is 21.7 Å². The summed E-state index contributed by atoms with van der Waals surface area (Å²) in [6.07, 6.45) is -4.45. The lowest BCUT2D eigenvalue weighted by molar-refractivity contribution is -0.137. The minimum Gasteiger partial charge on any atom is -0.399 e. The Kier molecular flexibility index (Phi) is 3.72. The average molecular weight is 361 g/mol. The molecule has 2 heterocycles. The average Bonchev–Trinajstić information content (AvgIpc) is 2.83. The van der Waals surface area contributed by atoms with E-state index in [4.69, 9.17) is 21.5 Å². The van der Waals surface area contributed by atoms with Gasteiger partial charge in [-0.2, -0.15) is 13.2 Å². The second kappa shape index (κ2) is 5.05. The zero-order valence-electron chi connectivity index (χ0n) is 13.0. The van der Waals surface area contributed by atoms with Crippen molar-refractivity contribution in [2.24, 2.45) is 0 Å². The molecule has 1 saturated heterocycles. The highest BCUT2D eigenvalue weighted by molar-refractivity contribution is 7.73. The standard InChI is InChI=1S/C14H15BF3NO2S2/c1-12(2)13(3,4)21-15(20-12)8-5-7(14(16,17)18)6-9-10(8)19-11(22)23-9/h5-6H,1-4H3,(H,19,22). The first-order valence-corrected chi connectivity index (χ1v) is 8.23. The first-order valence-electron chi connectivity index (χ1n) is 7.00. The number of H-pyrrole nitrogens is 1. The van der Waals surface area contributed by atoms with Gasteiger partial charge in [0, 0.05) is 5.46 Å². The quantitative estimate of drug-likeness (QED) is 0.608. The second-order valence-electron chi connectivity index (χ2n) is 6.54. The van der Waals surface area contributed by atoms with E-state index in [9.17, 15) is 13.2 Å². The minimum atomic E-state index is -4.45. The maximum atomic E-state index is 13.2. The summed E-state index contributed by atoms with van der Waals surface area (Å²) in [6.45, 7) is 7.42. The molecule has 124 valence electrons. The van der Waals surface area contributed by atoms with Crippen LogP contribution < -0.4 is 5.46 Å². The van der Waals surface area contributed by atoms with Crippen LogP contribution in [0.4, 0.5) is 13.2 Å². The van der Waals surface area contributed by atoms with Crippen LogP contribution in [0.25, 0.3) is 10.2 Å². The molecule has 0 aliphatic carbocycles. The molecule has 0 saturated carbocycles. The van der Waals surface area contributed by atoms with E-state index in [1.165, 1.54) is 0 Å². The molecule has 1 aliphatic heterocycles. The highest BCUT2D eigenvalue weighted by atomic mass is 32.1. The smallest absolute Gasteiger partial charge is 0.399 e. The molecule has 1 aliphatic rings. The maximum Gasteiger partial charge on any atom is 0.497 e. The van der Waals surface area contributed by atoms with E-state index in [2.05, 4.69) is 4.98 Å². The number of nitrogens with one attached hydrogen (secondary N) is 1. The molecular formula is C14H15BF3NO2S2. The Bertz CT molecular complexity index is 810. The van der Waals surface area contributed by atoms with Crippen LogP contribution in [-0.4, -0.2) is 23.3 Å². The lowest BCUT2D eigenvalue weighted by Gasteiger charge is -2.32. The molecule has 0 atom stereocenters. The summed E-state index contributed by atoms with van der Waals surface area (Å²) in [7, 11) is -0.884. The number of aromatic amines is 1. The Morgan fingerprint density at radius 3 is 2.22 bits per heavy atom. The van der Waals surface area contributed by atoms with Gasteiger partial charge in [-0.05, 0) is 52.0 Å². The number of hydrogen-bond acceptors (Lipinski definition) is 4. The number of rotatable bonds is 1. The zero-order valence-corrected chi connectivity index (χ0v) is 14.6. The number of alkyl halides is 3. The van der Waals surface area contributed by atoms with Crippen LogP contribution in [0.1, 0.15) is 33.3 Å². The van der Waals surface area contributed by atoms with Crippen LogP contribution in [0, 0.1) is 3.95 Å². The maximum absolute atomic E-state index is 13.2. The predicted molar refractivity (Wildman–Crippen MR) is 87.7 cm³/mol. The Labute approximate surface area is 140 Å². The van der Waals surface area contributed by atoms with Crippen LogP contribution in [0.5, 0.6) is 0 Å². The highest BCUT2D eigenvalue weighted by Crippen LogP contribution is 2.38. The van der Waals surface area contributed by atoms with Gasteiger partial charge in [-0.3, -0.25) is 0 Å². The number of fused-ring (bicyclic) bond motifs is 1. The van der Waals surface area contributed by atoms with Gasteiger partial charge in [0.1, 0.15) is 0 Å². The molecule has 0 spiro atoms. The van der Waals surface area contributed by atoms with Crippen molar-refractivity contribution in [3.8, 4) is 0 Å². The third-order valence-corrected chi connectivity index (χ3v) is 5.58. The van der Waals surface area contributed by atoms with Gasteiger partial charge in [-0.25, -0.2) is 0 Å². The van der Waals surface area contributed by atoms with Crippen molar-refractivity contribution in [2.45, 2.75) is 45.1 Å². The van der Waals surface area contributed by atoms with Crippen LogP contribution in [0.15, 0.2) is 12.1 Å². The summed E-state index contributed by atoms with van der Waals surface area (Å²) in [5, 5.41) is 0. The van der Waals surface area contributed by atoms with Gasteiger partial charge in [0.2, 0.25) is 0 Å². The number of benzene rings is 1. The fourth-order valence-electron chi connectivity index (χ4n) is 2.40. The van der Waals surface area contributed by atoms with E-state index in [-0.39, 0.29) is 0 Å². The van der Waals surface area contributed by atoms with Crippen LogP contribution in [0.3, 0.4) is 0 Å². The number of thiazole rings is 1. The SMILES string of the molecule is CC1(C)OB(c2cc(C(F)(F)F)cc3sc(=S)[nH]c23)OC1(C)C. The molecule has 1 aromatic heterocycles. The third kappa shape index (κ3) is 2.84. The van der Waals surface area contributed by atoms with Crippen LogP contribution in [-0.2, 0) is 15.5 Å². The molecule has 0 unspecified atom stereocenters. The summed E-state index contributed by atoms with van der Waals surface area (Å²) in [4.78, 5) is 2.94. The molecule has 9 heteroatoms. The molecule has 0 bridgehead atoms. The molecule has 1 N–H and O–H groups in total. The summed E-state index contributed by atoms with van der Waals surface area (Å²) in [5.74, 6) is 0. The van der Waals surface area contributed by atoms with E-state index in [1.54, 1.807) is 0 Å². The molecule has 1 fully saturated rings. The monoisotopic (exact) mass is 361 g/mol. The van der Waals surface area contributed by atoms with Gasteiger partial charge in [-0.15, -0.1) is 11.3 Å². The van der Waals surface area contributed by atoms with E-state index in [0.29, 0.717) is 19.6 Å². The van der Waals surface area contributed by atoms with Crippen molar-refractivity contribution in [3.63, 3.8) is 0 Å². The van der Waals surface area contributed by atoms with E-state index in [1.807, 2.05) is 27.7 Å². The molecule has 3 rings (SSSR count). The van der Waals surface area contributed by atoms with Gasteiger partial charge < -0.3 is 14.3 Å². The van der Waals surface area contributed by atoms with E-state index >= 15 is 0 Å². The topological polar surface area (TPSA) is 34.2 Å². The van der Waals surface area contributed by atoms with Gasteiger partial charge in [-0.1, -0.05) is 0 Å². The summed E-state index contributed by atoms with van der Waals surface area (Å²) < 4.78 is 52.2. The third-order valence-electron chi connectivity index (χ3n) is 4.40. The molecule has 3 nitrogen and oxygen atoms in total. The lowest BCUT2D eigenvalue weighted by atomic mass is 9.77. The first kappa shape index (κ1) is 16.9. The van der Waals surface area contributed by atoms with Crippen molar-refractivity contribution in [1.29, 1.82) is 0 Å². The molecule has 2 aromatic rings. The Morgan fingerprint density at radius 2 is 1.70 bits per heavy atom. The van der Waals surface area contributed by atoms with Gasteiger partial charge in [0.15, 0.2) is 3.95 Å². The lowest BCUT2D eigenvalue weighted by Crippen LogP contribution is -2.41. The van der Waals surface area contributed by atoms with Gasteiger partial charge >= 0.3 is 13.3 Å². The van der Waals surface area contributed by atoms with Crippen molar-refractivity contribution >= 4 is 46.4 Å². The van der Waals surface area contributed by atoms with Gasteiger partial charge in [0.05, 0.1) is 27.0 Å². The van der Waals surface area contributed by atoms with Crippen molar-refractivity contribution in [2.75, 3.05) is 0 Å². The zero-order chi connectivity index (χ0) is 17.2. The Morgan fingerprint density at radius 1 is 1.13 bits per heavy atom. The first-order chi connectivity index (χ1) is 10.4. The molecule has 0 amide bonds. The van der Waals surface area contributed by atoms with Crippen molar-refractivity contribution in [1.82, 2.24) is 4.98 Å². The predicted octanol–water partition coefficient (Wildman–Crippen LogP) is 4.28. The summed E-state index contributed by atoms with van der Waals surface area (Å²) in [5.41, 5.74) is -1.15. The second-order valence-corrected chi connectivity index (χ2v) is 8.26. The van der Waals surface area contributed by atoms with Crippen LogP contribution >= 0.6 is 23.6 Å². The molecule has 23 heavy (non-hydrogen) atoms. The van der Waals surface area contributed by atoms with E-state index < -0.39 is 30.1 Å². The summed E-state index contributed by atoms with van der Waals surface area (Å²) >= 11 is 6.18. The number of hydrogen-bond donors (Lipinski definition) is 1. The fraction of sp³-hybridized carbons (Fsp3) is 0.500. The number of aromatic nitrogens is 1. The summed E-state index contributed by atoms with van der Waals surface area (Å²) in [6, 6.07) is 2.17. The van der Waals surface area contributed by atoms with Gasteiger partial charge in [0.25, 0.3) is 0 Å². The molecular weight excluding hydrogens is 346 g/mol. The van der Waals surface area contributed by atoms with E-state index in [0.717, 1.165) is 23.5 Å². The Hall–Kier alpha value is -0.895.